The Morgan fingerprint density at radius 3 is 2.24 bits per heavy atom. The van der Waals surface area contributed by atoms with Gasteiger partial charge in [-0.2, -0.15) is 0 Å². The van der Waals surface area contributed by atoms with Crippen LogP contribution in [0.2, 0.25) is 0 Å². The Labute approximate surface area is 207 Å². The van der Waals surface area contributed by atoms with Crippen molar-refractivity contribution >= 4 is 35.0 Å². The summed E-state index contributed by atoms with van der Waals surface area (Å²) < 4.78 is 10.3. The molecular weight excluding hydrogens is 458 g/mol. The predicted octanol–water partition coefficient (Wildman–Crippen LogP) is 4.71. The van der Waals surface area contributed by atoms with Crippen molar-refractivity contribution in [1.82, 2.24) is 10.6 Å². The molecular formula is C24H37N3O6S. The van der Waals surface area contributed by atoms with Gasteiger partial charge in [-0.1, -0.05) is 44.6 Å². The van der Waals surface area contributed by atoms with Crippen LogP contribution in [0.5, 0.6) is 0 Å². The third kappa shape index (κ3) is 9.24. The molecule has 2 N–H and O–H groups in total. The summed E-state index contributed by atoms with van der Waals surface area (Å²) in [6.45, 7) is 9.87. The first-order chi connectivity index (χ1) is 15.9. The number of hydrogen-bond acceptors (Lipinski definition) is 7. The lowest BCUT2D eigenvalue weighted by molar-refractivity contribution is -0.384. The summed E-state index contributed by atoms with van der Waals surface area (Å²) in [5.74, 6) is -0.478. The number of nitrogens with zero attached hydrogens (tertiary/aromatic N) is 1. The standard InChI is InChI=1S/C24H37N3O6S/c1-7-13-24(8-2,14-15-25-22(29)33-23(3,4)5)21(34)26-19(20(28)32-6)16-17-9-11-18(12-10-17)27(30)31/h9-12,19H,7-8,13-16H2,1-6H3,(H,25,29)(H,26,34)/t19-,24?/m0/s1. The normalized spacial score (nSPS) is 13.8. The van der Waals surface area contributed by atoms with Gasteiger partial charge in [-0.25, -0.2) is 9.59 Å². The number of rotatable bonds is 12. The lowest BCUT2D eigenvalue weighted by atomic mass is 9.77. The summed E-state index contributed by atoms with van der Waals surface area (Å²) in [5, 5.41) is 16.9. The van der Waals surface area contributed by atoms with E-state index in [9.17, 15) is 19.7 Å². The monoisotopic (exact) mass is 495 g/mol. The van der Waals surface area contributed by atoms with Gasteiger partial charge in [-0.15, -0.1) is 0 Å². The number of nitrogens with one attached hydrogen (secondary N) is 2. The number of carbonyl (C=O) groups excluding carboxylic acids is 2. The van der Waals surface area contributed by atoms with E-state index in [1.165, 1.54) is 19.2 Å². The maximum Gasteiger partial charge on any atom is 0.407 e. The molecule has 1 aromatic rings. The van der Waals surface area contributed by atoms with E-state index in [4.69, 9.17) is 21.7 Å². The molecule has 0 aliphatic rings. The van der Waals surface area contributed by atoms with E-state index in [1.54, 1.807) is 32.9 Å². The van der Waals surface area contributed by atoms with E-state index >= 15 is 0 Å². The van der Waals surface area contributed by atoms with E-state index in [2.05, 4.69) is 17.6 Å². The second-order valence-corrected chi connectivity index (χ2v) is 9.65. The van der Waals surface area contributed by atoms with Crippen molar-refractivity contribution in [1.29, 1.82) is 0 Å². The van der Waals surface area contributed by atoms with Crippen LogP contribution < -0.4 is 10.6 Å². The Bertz CT molecular complexity index is 853. The van der Waals surface area contributed by atoms with Gasteiger partial charge in [0.15, 0.2) is 0 Å². The number of carbonyl (C=O) groups is 2. The van der Waals surface area contributed by atoms with Crippen molar-refractivity contribution in [3.05, 3.63) is 39.9 Å². The Kier molecular flexibility index (Phi) is 11.4. The molecule has 0 radical (unpaired) electrons. The van der Waals surface area contributed by atoms with Gasteiger partial charge in [-0.05, 0) is 45.6 Å². The number of non-ortho nitro benzene ring substituents is 1. The minimum atomic E-state index is -0.749. The van der Waals surface area contributed by atoms with Crippen LogP contribution in [-0.2, 0) is 20.7 Å². The molecule has 0 aromatic heterocycles. The molecule has 1 rings (SSSR count). The SMILES string of the molecule is CCCC(CC)(CCNC(=O)OC(C)(C)C)C(=S)N[C@@H](Cc1ccc([N+](=O)[O-])cc1)C(=O)OC. The highest BCUT2D eigenvalue weighted by atomic mass is 32.1. The second-order valence-electron chi connectivity index (χ2n) is 9.24. The molecule has 1 amide bonds. The molecule has 9 nitrogen and oxygen atoms in total. The fraction of sp³-hybridized carbons (Fsp3) is 0.625. The van der Waals surface area contributed by atoms with Gasteiger partial charge in [0.1, 0.15) is 11.6 Å². The number of thiocarbonyl (C=S) groups is 1. The Balaban J connectivity index is 2.97. The van der Waals surface area contributed by atoms with Crippen LogP contribution in [0.3, 0.4) is 0 Å². The summed E-state index contributed by atoms with van der Waals surface area (Å²) in [6, 6.07) is 5.28. The zero-order valence-corrected chi connectivity index (χ0v) is 21.8. The molecule has 0 spiro atoms. The molecule has 0 aliphatic carbocycles. The van der Waals surface area contributed by atoms with Gasteiger partial charge in [0.25, 0.3) is 5.69 Å². The molecule has 0 heterocycles. The smallest absolute Gasteiger partial charge is 0.407 e. The molecule has 0 saturated carbocycles. The van der Waals surface area contributed by atoms with Gasteiger partial charge in [0.2, 0.25) is 0 Å². The van der Waals surface area contributed by atoms with Crippen LogP contribution in [0.1, 0.15) is 65.9 Å². The van der Waals surface area contributed by atoms with Crippen LogP contribution in [0.25, 0.3) is 0 Å². The number of nitro groups is 1. The van der Waals surface area contributed by atoms with Crippen molar-refractivity contribution in [2.24, 2.45) is 5.41 Å². The zero-order chi connectivity index (χ0) is 25.9. The first-order valence-corrected chi connectivity index (χ1v) is 11.9. The highest BCUT2D eigenvalue weighted by molar-refractivity contribution is 7.80. The Morgan fingerprint density at radius 1 is 1.15 bits per heavy atom. The van der Waals surface area contributed by atoms with E-state index in [1.807, 2.05) is 6.92 Å². The fourth-order valence-electron chi connectivity index (χ4n) is 3.70. The van der Waals surface area contributed by atoms with Crippen LogP contribution in [0, 0.1) is 15.5 Å². The second kappa shape index (κ2) is 13.2. The summed E-state index contributed by atoms with van der Waals surface area (Å²) in [5.41, 5.74) is -0.300. The number of amides is 1. The molecule has 0 aliphatic heterocycles. The van der Waals surface area contributed by atoms with Crippen LogP contribution >= 0.6 is 12.2 Å². The lowest BCUT2D eigenvalue weighted by Gasteiger charge is -2.35. The topological polar surface area (TPSA) is 120 Å². The van der Waals surface area contributed by atoms with Crippen molar-refractivity contribution < 1.29 is 24.0 Å². The molecule has 0 saturated heterocycles. The number of methoxy groups -OCH3 is 1. The number of ether oxygens (including phenoxy) is 2. The summed E-state index contributed by atoms with van der Waals surface area (Å²) in [6.07, 6.45) is 2.71. The molecule has 10 heteroatoms. The highest BCUT2D eigenvalue weighted by Gasteiger charge is 2.35. The van der Waals surface area contributed by atoms with Crippen molar-refractivity contribution in [3.63, 3.8) is 0 Å². The quantitative estimate of drug-likeness (QED) is 0.185. The lowest BCUT2D eigenvalue weighted by Crippen LogP contribution is -2.49. The Morgan fingerprint density at radius 2 is 1.76 bits per heavy atom. The first-order valence-electron chi connectivity index (χ1n) is 11.5. The number of hydrogen-bond donors (Lipinski definition) is 2. The molecule has 1 unspecified atom stereocenters. The first kappa shape index (κ1) is 29.3. The summed E-state index contributed by atoms with van der Waals surface area (Å²) >= 11 is 5.78. The van der Waals surface area contributed by atoms with Gasteiger partial charge in [0.05, 0.1) is 17.0 Å². The molecule has 0 fully saturated rings. The van der Waals surface area contributed by atoms with Crippen LogP contribution in [0.15, 0.2) is 24.3 Å². The maximum absolute atomic E-state index is 12.5. The fourth-order valence-corrected chi connectivity index (χ4v) is 4.19. The van der Waals surface area contributed by atoms with Crippen LogP contribution in [-0.4, -0.2) is 47.3 Å². The molecule has 0 bridgehead atoms. The van der Waals surface area contributed by atoms with E-state index in [0.717, 1.165) is 18.4 Å². The minimum Gasteiger partial charge on any atom is -0.467 e. The molecule has 1 aromatic carbocycles. The predicted molar refractivity (Wildman–Crippen MR) is 135 cm³/mol. The number of alkyl carbamates (subject to hydrolysis) is 1. The maximum atomic E-state index is 12.5. The highest BCUT2D eigenvalue weighted by Crippen LogP contribution is 2.33. The molecule has 190 valence electrons. The number of nitro benzene ring substituents is 1. The summed E-state index contributed by atoms with van der Waals surface area (Å²) in [4.78, 5) is 35.5. The third-order valence-electron chi connectivity index (χ3n) is 5.54. The average molecular weight is 496 g/mol. The molecule has 2 atom stereocenters. The molecule has 34 heavy (non-hydrogen) atoms. The van der Waals surface area contributed by atoms with E-state index in [-0.39, 0.29) is 12.1 Å². The number of benzene rings is 1. The van der Waals surface area contributed by atoms with E-state index < -0.39 is 34.0 Å². The van der Waals surface area contributed by atoms with Gasteiger partial charge in [0, 0.05) is 30.5 Å². The van der Waals surface area contributed by atoms with Crippen molar-refractivity contribution in [3.8, 4) is 0 Å². The summed E-state index contributed by atoms with van der Waals surface area (Å²) in [7, 11) is 1.31. The average Bonchev–Trinajstić information content (AvgIpc) is 2.76. The van der Waals surface area contributed by atoms with Crippen molar-refractivity contribution in [2.75, 3.05) is 13.7 Å². The zero-order valence-electron chi connectivity index (χ0n) is 20.9. The third-order valence-corrected chi connectivity index (χ3v) is 6.09. The van der Waals surface area contributed by atoms with Gasteiger partial charge in [-0.3, -0.25) is 10.1 Å². The minimum absolute atomic E-state index is 0.0210. The van der Waals surface area contributed by atoms with Gasteiger partial charge < -0.3 is 20.1 Å². The number of esters is 1. The largest absolute Gasteiger partial charge is 0.467 e. The van der Waals surface area contributed by atoms with Gasteiger partial charge >= 0.3 is 12.1 Å². The van der Waals surface area contributed by atoms with Crippen LogP contribution in [0.4, 0.5) is 10.5 Å². The van der Waals surface area contributed by atoms with E-state index in [0.29, 0.717) is 24.4 Å². The Hall–Kier alpha value is -2.75. The van der Waals surface area contributed by atoms with Crippen molar-refractivity contribution in [2.45, 2.75) is 78.4 Å².